The van der Waals surface area contributed by atoms with Gasteiger partial charge in [-0.3, -0.25) is 4.79 Å². The molecule has 5 nitrogen and oxygen atoms in total. The Morgan fingerprint density at radius 2 is 1.75 bits per heavy atom. The van der Waals surface area contributed by atoms with Crippen molar-refractivity contribution in [2.24, 2.45) is 0 Å². The molecule has 0 atom stereocenters. The molecule has 1 aromatic heterocycles. The first-order valence-corrected chi connectivity index (χ1v) is 9.87. The van der Waals surface area contributed by atoms with Crippen molar-refractivity contribution < 1.29 is 14.3 Å². The van der Waals surface area contributed by atoms with E-state index < -0.39 is 0 Å². The molecule has 1 heterocycles. The van der Waals surface area contributed by atoms with Crippen LogP contribution in [-0.4, -0.2) is 25.1 Å². The number of benzene rings is 2. The van der Waals surface area contributed by atoms with Crippen LogP contribution in [0.2, 0.25) is 0 Å². The molecular formula is C22H24N2O3S. The van der Waals surface area contributed by atoms with Crippen LogP contribution in [0.3, 0.4) is 0 Å². The molecular weight excluding hydrogens is 372 g/mol. The number of aromatic nitrogens is 1. The van der Waals surface area contributed by atoms with Gasteiger partial charge in [-0.05, 0) is 38.0 Å². The molecule has 28 heavy (non-hydrogen) atoms. The van der Waals surface area contributed by atoms with Crippen molar-refractivity contribution in [3.63, 3.8) is 0 Å². The number of thiazole rings is 1. The second-order valence-electron chi connectivity index (χ2n) is 6.53. The van der Waals surface area contributed by atoms with Crippen LogP contribution in [0.4, 0.5) is 5.13 Å². The molecule has 1 amide bonds. The van der Waals surface area contributed by atoms with Gasteiger partial charge in [0.05, 0.1) is 19.9 Å². The Morgan fingerprint density at radius 3 is 2.43 bits per heavy atom. The zero-order chi connectivity index (χ0) is 20.1. The molecule has 6 heteroatoms. The van der Waals surface area contributed by atoms with E-state index in [2.05, 4.69) is 41.5 Å². The maximum Gasteiger partial charge on any atom is 0.226 e. The molecule has 0 fully saturated rings. The van der Waals surface area contributed by atoms with E-state index in [-0.39, 0.29) is 5.91 Å². The number of methoxy groups -OCH3 is 2. The molecule has 0 saturated heterocycles. The summed E-state index contributed by atoms with van der Waals surface area (Å²) in [6.45, 7) is 4.08. The number of aryl methyl sites for hydroxylation is 3. The fraction of sp³-hybridized carbons (Fsp3) is 0.273. The molecule has 3 aromatic rings. The van der Waals surface area contributed by atoms with Gasteiger partial charge in [0.15, 0.2) is 16.6 Å². The highest BCUT2D eigenvalue weighted by molar-refractivity contribution is 7.16. The van der Waals surface area contributed by atoms with Crippen molar-refractivity contribution in [2.75, 3.05) is 19.5 Å². The summed E-state index contributed by atoms with van der Waals surface area (Å²) >= 11 is 1.49. The van der Waals surface area contributed by atoms with E-state index in [1.165, 1.54) is 16.9 Å². The van der Waals surface area contributed by atoms with Crippen LogP contribution in [-0.2, 0) is 11.2 Å². The smallest absolute Gasteiger partial charge is 0.226 e. The first kappa shape index (κ1) is 19.9. The second-order valence-corrected chi connectivity index (χ2v) is 7.73. The monoisotopic (exact) mass is 396 g/mol. The van der Waals surface area contributed by atoms with Crippen molar-refractivity contribution in [3.05, 3.63) is 58.5 Å². The number of nitrogens with one attached hydrogen (secondary N) is 1. The zero-order valence-electron chi connectivity index (χ0n) is 16.5. The first-order chi connectivity index (χ1) is 13.5. The zero-order valence-corrected chi connectivity index (χ0v) is 17.4. The molecule has 0 saturated carbocycles. The highest BCUT2D eigenvalue weighted by Gasteiger charge is 2.13. The van der Waals surface area contributed by atoms with E-state index in [4.69, 9.17) is 9.47 Å². The van der Waals surface area contributed by atoms with Crippen LogP contribution < -0.4 is 14.8 Å². The Balaban J connectivity index is 1.62. The largest absolute Gasteiger partial charge is 0.493 e. The summed E-state index contributed by atoms with van der Waals surface area (Å²) in [4.78, 5) is 18.1. The number of carbonyl (C=O) groups is 1. The maximum absolute atomic E-state index is 12.4. The van der Waals surface area contributed by atoms with Gasteiger partial charge in [0.1, 0.15) is 0 Å². The van der Waals surface area contributed by atoms with Gasteiger partial charge in [-0.2, -0.15) is 0 Å². The third kappa shape index (κ3) is 4.70. The summed E-state index contributed by atoms with van der Waals surface area (Å²) in [5.41, 5.74) is 4.20. The minimum Gasteiger partial charge on any atom is -0.493 e. The third-order valence-electron chi connectivity index (χ3n) is 4.46. The Hall–Kier alpha value is -2.86. The highest BCUT2D eigenvalue weighted by atomic mass is 32.1. The number of amides is 1. The molecule has 0 bridgehead atoms. The van der Waals surface area contributed by atoms with E-state index in [0.717, 1.165) is 21.7 Å². The lowest BCUT2D eigenvalue weighted by Gasteiger charge is -2.09. The number of hydrogen-bond acceptors (Lipinski definition) is 5. The predicted octanol–water partition coefficient (Wildman–Crippen LogP) is 5.02. The second kappa shape index (κ2) is 8.89. The van der Waals surface area contributed by atoms with Gasteiger partial charge in [-0.25, -0.2) is 4.98 Å². The molecule has 0 aliphatic rings. The van der Waals surface area contributed by atoms with Crippen LogP contribution in [0.25, 0.3) is 11.3 Å². The average Bonchev–Trinajstić information content (AvgIpc) is 3.06. The first-order valence-electron chi connectivity index (χ1n) is 9.05. The molecule has 2 aromatic carbocycles. The Kier molecular flexibility index (Phi) is 6.31. The maximum atomic E-state index is 12.4. The molecule has 146 valence electrons. The number of nitrogens with zero attached hydrogens (tertiary/aromatic N) is 1. The van der Waals surface area contributed by atoms with E-state index in [1.54, 1.807) is 14.2 Å². The SMILES string of the molecule is COc1ccc(CCC(=O)Nc2nc(-c3ccc(C)cc3)c(C)s2)cc1OC. The van der Waals surface area contributed by atoms with E-state index >= 15 is 0 Å². The van der Waals surface area contributed by atoms with Crippen LogP contribution in [0.15, 0.2) is 42.5 Å². The van der Waals surface area contributed by atoms with E-state index in [1.807, 2.05) is 25.1 Å². The van der Waals surface area contributed by atoms with Crippen LogP contribution in [0.5, 0.6) is 11.5 Å². The molecule has 0 aliphatic heterocycles. The standard InChI is InChI=1S/C22H24N2O3S/c1-14-5-9-17(10-6-14)21-15(2)28-22(24-21)23-20(25)12-8-16-7-11-18(26-3)19(13-16)27-4/h5-7,9-11,13H,8,12H2,1-4H3,(H,23,24,25). The number of anilines is 1. The minimum absolute atomic E-state index is 0.0565. The topological polar surface area (TPSA) is 60.5 Å². The molecule has 0 spiro atoms. The van der Waals surface area contributed by atoms with Gasteiger partial charge >= 0.3 is 0 Å². The third-order valence-corrected chi connectivity index (χ3v) is 5.34. The summed E-state index contributed by atoms with van der Waals surface area (Å²) < 4.78 is 10.6. The molecule has 0 radical (unpaired) electrons. The fourth-order valence-corrected chi connectivity index (χ4v) is 3.76. The molecule has 0 aliphatic carbocycles. The van der Waals surface area contributed by atoms with Crippen LogP contribution in [0, 0.1) is 13.8 Å². The van der Waals surface area contributed by atoms with Crippen LogP contribution in [0.1, 0.15) is 22.4 Å². The van der Waals surface area contributed by atoms with Gasteiger partial charge in [0, 0.05) is 16.9 Å². The number of ether oxygens (including phenoxy) is 2. The average molecular weight is 397 g/mol. The van der Waals surface area contributed by atoms with Gasteiger partial charge in [0.2, 0.25) is 5.91 Å². The molecule has 3 rings (SSSR count). The fourth-order valence-electron chi connectivity index (χ4n) is 2.90. The summed E-state index contributed by atoms with van der Waals surface area (Å²) in [7, 11) is 3.20. The van der Waals surface area contributed by atoms with Crippen molar-refractivity contribution in [3.8, 4) is 22.8 Å². The summed E-state index contributed by atoms with van der Waals surface area (Å²) in [6.07, 6.45) is 0.981. The van der Waals surface area contributed by atoms with Crippen LogP contribution >= 0.6 is 11.3 Å². The van der Waals surface area contributed by atoms with Crippen molar-refractivity contribution in [2.45, 2.75) is 26.7 Å². The lowest BCUT2D eigenvalue weighted by Crippen LogP contribution is -2.12. The number of carbonyl (C=O) groups excluding carboxylic acids is 1. The predicted molar refractivity (Wildman–Crippen MR) is 114 cm³/mol. The molecule has 1 N–H and O–H groups in total. The Bertz CT molecular complexity index is 964. The van der Waals surface area contributed by atoms with E-state index in [0.29, 0.717) is 29.5 Å². The minimum atomic E-state index is -0.0565. The highest BCUT2D eigenvalue weighted by Crippen LogP contribution is 2.31. The lowest BCUT2D eigenvalue weighted by atomic mass is 10.1. The normalized spacial score (nSPS) is 10.6. The van der Waals surface area contributed by atoms with Gasteiger partial charge in [-0.1, -0.05) is 35.9 Å². The lowest BCUT2D eigenvalue weighted by molar-refractivity contribution is -0.116. The number of rotatable bonds is 7. The molecule has 0 unspecified atom stereocenters. The summed E-state index contributed by atoms with van der Waals surface area (Å²) in [5.74, 6) is 1.29. The summed E-state index contributed by atoms with van der Waals surface area (Å²) in [5, 5.41) is 3.55. The van der Waals surface area contributed by atoms with Gasteiger partial charge < -0.3 is 14.8 Å². The van der Waals surface area contributed by atoms with E-state index in [9.17, 15) is 4.79 Å². The van der Waals surface area contributed by atoms with Crippen molar-refractivity contribution in [1.82, 2.24) is 4.98 Å². The van der Waals surface area contributed by atoms with Crippen molar-refractivity contribution in [1.29, 1.82) is 0 Å². The van der Waals surface area contributed by atoms with Gasteiger partial charge in [0.25, 0.3) is 0 Å². The van der Waals surface area contributed by atoms with Crippen molar-refractivity contribution >= 4 is 22.4 Å². The summed E-state index contributed by atoms with van der Waals surface area (Å²) in [6, 6.07) is 13.9. The number of hydrogen-bond donors (Lipinski definition) is 1. The van der Waals surface area contributed by atoms with Gasteiger partial charge in [-0.15, -0.1) is 11.3 Å². The Morgan fingerprint density at radius 1 is 1.04 bits per heavy atom. The Labute approximate surface area is 169 Å². The quantitative estimate of drug-likeness (QED) is 0.609.